The first kappa shape index (κ1) is 14.1. The Kier molecular flexibility index (Phi) is 4.61. The first-order valence-corrected chi connectivity index (χ1v) is 7.37. The van der Waals surface area contributed by atoms with Crippen LogP contribution in [-0.2, 0) is 0 Å². The normalized spacial score (nSPS) is 19.3. The first-order chi connectivity index (χ1) is 9.13. The van der Waals surface area contributed by atoms with Gasteiger partial charge < -0.3 is 0 Å². The Morgan fingerprint density at radius 3 is 2.00 bits per heavy atom. The molecule has 1 aliphatic rings. The van der Waals surface area contributed by atoms with Crippen LogP contribution in [0.2, 0.25) is 0 Å². The van der Waals surface area contributed by atoms with Crippen LogP contribution in [0.4, 0.5) is 0 Å². The maximum atomic E-state index is 9.47. The van der Waals surface area contributed by atoms with Gasteiger partial charge in [0, 0.05) is 5.92 Å². The Labute approximate surface area is 117 Å². The molecule has 102 valence electrons. The molecule has 1 heterocycles. The second-order valence-corrected chi connectivity index (χ2v) is 5.93. The Morgan fingerprint density at radius 1 is 1.00 bits per heavy atom. The van der Waals surface area contributed by atoms with Crippen molar-refractivity contribution in [2.24, 2.45) is 0 Å². The molecule has 1 fully saturated rings. The fourth-order valence-electron chi connectivity index (χ4n) is 2.90. The standard InChI is InChI=1S/C17H24N2/c1-13(2)15-6-8-16(9-7-15)14(3)17(12-18)19-10-4-5-11-19/h6-9,13-14,17H,4-5,10-11H2,1-3H3. The van der Waals surface area contributed by atoms with E-state index in [9.17, 15) is 5.26 Å². The lowest BCUT2D eigenvalue weighted by Gasteiger charge is -2.27. The highest BCUT2D eigenvalue weighted by molar-refractivity contribution is 5.29. The highest BCUT2D eigenvalue weighted by atomic mass is 15.2. The van der Waals surface area contributed by atoms with Crippen molar-refractivity contribution in [1.82, 2.24) is 4.90 Å². The smallest absolute Gasteiger partial charge is 0.104 e. The molecule has 0 spiro atoms. The summed E-state index contributed by atoms with van der Waals surface area (Å²) in [6, 6.07) is 11.3. The summed E-state index contributed by atoms with van der Waals surface area (Å²) < 4.78 is 0. The maximum Gasteiger partial charge on any atom is 0.104 e. The van der Waals surface area contributed by atoms with Gasteiger partial charge in [0.05, 0.1) is 6.07 Å². The summed E-state index contributed by atoms with van der Waals surface area (Å²) in [4.78, 5) is 2.33. The molecule has 1 aliphatic heterocycles. The molecule has 19 heavy (non-hydrogen) atoms. The predicted octanol–water partition coefficient (Wildman–Crippen LogP) is 3.90. The quantitative estimate of drug-likeness (QED) is 0.817. The summed E-state index contributed by atoms with van der Waals surface area (Å²) in [6.45, 7) is 8.75. The van der Waals surface area contributed by atoms with Crippen molar-refractivity contribution in [3.63, 3.8) is 0 Å². The van der Waals surface area contributed by atoms with Crippen molar-refractivity contribution in [2.75, 3.05) is 13.1 Å². The molecule has 2 atom stereocenters. The first-order valence-electron chi connectivity index (χ1n) is 7.37. The van der Waals surface area contributed by atoms with E-state index in [0.29, 0.717) is 5.92 Å². The van der Waals surface area contributed by atoms with Crippen LogP contribution in [0.1, 0.15) is 56.6 Å². The van der Waals surface area contributed by atoms with Crippen LogP contribution in [0.15, 0.2) is 24.3 Å². The third kappa shape index (κ3) is 3.16. The fourth-order valence-corrected chi connectivity index (χ4v) is 2.90. The van der Waals surface area contributed by atoms with Crippen LogP contribution in [0, 0.1) is 11.3 Å². The second kappa shape index (κ2) is 6.21. The molecule has 2 heteroatoms. The van der Waals surface area contributed by atoms with E-state index >= 15 is 0 Å². The summed E-state index contributed by atoms with van der Waals surface area (Å²) in [5.74, 6) is 0.846. The number of nitriles is 1. The molecule has 0 aromatic heterocycles. The maximum absolute atomic E-state index is 9.47. The summed E-state index contributed by atoms with van der Waals surface area (Å²) in [5.41, 5.74) is 2.65. The van der Waals surface area contributed by atoms with E-state index in [4.69, 9.17) is 0 Å². The molecule has 2 rings (SSSR count). The number of likely N-dealkylation sites (tertiary alicyclic amines) is 1. The van der Waals surface area contributed by atoms with Gasteiger partial charge in [0.25, 0.3) is 0 Å². The van der Waals surface area contributed by atoms with Gasteiger partial charge in [-0.1, -0.05) is 45.0 Å². The number of rotatable bonds is 4. The molecule has 2 unspecified atom stereocenters. The van der Waals surface area contributed by atoms with Crippen molar-refractivity contribution < 1.29 is 0 Å². The second-order valence-electron chi connectivity index (χ2n) is 5.93. The van der Waals surface area contributed by atoms with E-state index in [1.165, 1.54) is 24.0 Å². The van der Waals surface area contributed by atoms with Crippen molar-refractivity contribution in [2.45, 2.75) is 51.5 Å². The molecule has 0 saturated carbocycles. The van der Waals surface area contributed by atoms with E-state index in [2.05, 4.69) is 56.0 Å². The average molecular weight is 256 g/mol. The van der Waals surface area contributed by atoms with E-state index in [-0.39, 0.29) is 12.0 Å². The zero-order valence-electron chi connectivity index (χ0n) is 12.3. The van der Waals surface area contributed by atoms with E-state index in [1.54, 1.807) is 0 Å². The van der Waals surface area contributed by atoms with Crippen molar-refractivity contribution >= 4 is 0 Å². The Bertz CT molecular complexity index is 435. The third-order valence-corrected chi connectivity index (χ3v) is 4.27. The van der Waals surface area contributed by atoms with Crippen LogP contribution in [0.3, 0.4) is 0 Å². The molecule has 0 radical (unpaired) electrons. The van der Waals surface area contributed by atoms with Gasteiger partial charge in [-0.15, -0.1) is 0 Å². The summed E-state index contributed by atoms with van der Waals surface area (Å²) in [6.07, 6.45) is 2.47. The van der Waals surface area contributed by atoms with Gasteiger partial charge in [-0.25, -0.2) is 0 Å². The Balaban J connectivity index is 2.13. The van der Waals surface area contributed by atoms with Gasteiger partial charge in [0.15, 0.2) is 0 Å². The minimum Gasteiger partial charge on any atom is -0.288 e. The SMILES string of the molecule is CC(C)c1ccc(C(C)C(C#N)N2CCCC2)cc1. The zero-order valence-corrected chi connectivity index (χ0v) is 12.3. The third-order valence-electron chi connectivity index (χ3n) is 4.27. The lowest BCUT2D eigenvalue weighted by molar-refractivity contribution is 0.263. The van der Waals surface area contributed by atoms with Gasteiger partial charge in [0.1, 0.15) is 6.04 Å². The van der Waals surface area contributed by atoms with Crippen LogP contribution in [0.5, 0.6) is 0 Å². The topological polar surface area (TPSA) is 27.0 Å². The molecule has 0 amide bonds. The van der Waals surface area contributed by atoms with Gasteiger partial charge in [-0.05, 0) is 43.0 Å². The van der Waals surface area contributed by atoms with Crippen molar-refractivity contribution in [1.29, 1.82) is 5.26 Å². The van der Waals surface area contributed by atoms with Crippen LogP contribution in [0.25, 0.3) is 0 Å². The van der Waals surface area contributed by atoms with E-state index < -0.39 is 0 Å². The van der Waals surface area contributed by atoms with Crippen molar-refractivity contribution in [3.05, 3.63) is 35.4 Å². The van der Waals surface area contributed by atoms with E-state index in [1.807, 2.05) is 0 Å². The van der Waals surface area contributed by atoms with Crippen LogP contribution < -0.4 is 0 Å². The predicted molar refractivity (Wildman–Crippen MR) is 79.2 cm³/mol. The summed E-state index contributed by atoms with van der Waals surface area (Å²) in [5, 5.41) is 9.47. The minimum atomic E-state index is 0.0207. The van der Waals surface area contributed by atoms with Gasteiger partial charge >= 0.3 is 0 Å². The summed E-state index contributed by atoms with van der Waals surface area (Å²) in [7, 11) is 0. The number of hydrogen-bond acceptors (Lipinski definition) is 2. The number of hydrogen-bond donors (Lipinski definition) is 0. The highest BCUT2D eigenvalue weighted by Crippen LogP contribution is 2.27. The lowest BCUT2D eigenvalue weighted by Crippen LogP contribution is -2.35. The molecular formula is C17H24N2. The average Bonchev–Trinajstić information content (AvgIpc) is 2.93. The van der Waals surface area contributed by atoms with Gasteiger partial charge in [0.2, 0.25) is 0 Å². The zero-order chi connectivity index (χ0) is 13.8. The van der Waals surface area contributed by atoms with Crippen LogP contribution >= 0.6 is 0 Å². The summed E-state index contributed by atoms with van der Waals surface area (Å²) >= 11 is 0. The fraction of sp³-hybridized carbons (Fsp3) is 0.588. The molecule has 1 aromatic rings. The van der Waals surface area contributed by atoms with Crippen molar-refractivity contribution in [3.8, 4) is 6.07 Å². The molecule has 0 aliphatic carbocycles. The molecule has 2 nitrogen and oxygen atoms in total. The monoisotopic (exact) mass is 256 g/mol. The largest absolute Gasteiger partial charge is 0.288 e. The lowest BCUT2D eigenvalue weighted by atomic mass is 9.91. The van der Waals surface area contributed by atoms with Gasteiger partial charge in [-0.2, -0.15) is 5.26 Å². The van der Waals surface area contributed by atoms with E-state index in [0.717, 1.165) is 13.1 Å². The number of nitrogens with zero attached hydrogens (tertiary/aromatic N) is 2. The molecular weight excluding hydrogens is 232 g/mol. The molecule has 1 aromatic carbocycles. The minimum absolute atomic E-state index is 0.0207. The molecule has 0 N–H and O–H groups in total. The molecule has 1 saturated heterocycles. The van der Waals surface area contributed by atoms with Gasteiger partial charge in [-0.3, -0.25) is 4.90 Å². The Hall–Kier alpha value is -1.33. The number of benzene rings is 1. The Morgan fingerprint density at radius 2 is 1.53 bits per heavy atom. The highest BCUT2D eigenvalue weighted by Gasteiger charge is 2.27. The molecule has 0 bridgehead atoms. The van der Waals surface area contributed by atoms with Crippen LogP contribution in [-0.4, -0.2) is 24.0 Å².